The van der Waals surface area contributed by atoms with E-state index in [4.69, 9.17) is 0 Å². The summed E-state index contributed by atoms with van der Waals surface area (Å²) in [5, 5.41) is 2.78. The molecule has 1 aromatic rings. The first-order valence-electron chi connectivity index (χ1n) is 6.31. The van der Waals surface area contributed by atoms with Crippen LogP contribution in [0, 0.1) is 5.92 Å². The quantitative estimate of drug-likeness (QED) is 0.890. The topological polar surface area (TPSA) is 49.4 Å². The van der Waals surface area contributed by atoms with Crippen molar-refractivity contribution >= 4 is 23.2 Å². The molecule has 0 fully saturated rings. The molecule has 0 radical (unpaired) electrons. The van der Waals surface area contributed by atoms with Crippen LogP contribution in [0.3, 0.4) is 0 Å². The van der Waals surface area contributed by atoms with Crippen LogP contribution in [-0.2, 0) is 9.59 Å². The van der Waals surface area contributed by atoms with E-state index in [-0.39, 0.29) is 18.4 Å². The van der Waals surface area contributed by atoms with Crippen LogP contribution in [0.25, 0.3) is 0 Å². The van der Waals surface area contributed by atoms with Crippen molar-refractivity contribution in [1.29, 1.82) is 0 Å². The number of nitrogens with one attached hydrogen (secondary N) is 1. The number of benzene rings is 1. The van der Waals surface area contributed by atoms with Crippen LogP contribution in [0.2, 0.25) is 0 Å². The highest BCUT2D eigenvalue weighted by atomic mass is 16.2. The van der Waals surface area contributed by atoms with Crippen molar-refractivity contribution in [3.63, 3.8) is 0 Å². The Kier molecular flexibility index (Phi) is 3.65. The van der Waals surface area contributed by atoms with Crippen LogP contribution < -0.4 is 10.2 Å². The molecule has 2 amide bonds. The predicted octanol–water partition coefficient (Wildman–Crippen LogP) is 2.41. The minimum atomic E-state index is -0.133. The summed E-state index contributed by atoms with van der Waals surface area (Å²) in [7, 11) is 0. The number of carbonyl (C=O) groups excluding carboxylic acids is 2. The van der Waals surface area contributed by atoms with E-state index in [1.807, 2.05) is 31.2 Å². The second-order valence-corrected chi connectivity index (χ2v) is 4.76. The number of amides is 2. The summed E-state index contributed by atoms with van der Waals surface area (Å²) in [4.78, 5) is 25.4. The highest BCUT2D eigenvalue weighted by Crippen LogP contribution is 2.29. The SMILES string of the molecule is CCC(C)CC(=O)N1CC(=O)Nc2ccccc21. The molecule has 4 nitrogen and oxygen atoms in total. The third-order valence-corrected chi connectivity index (χ3v) is 3.29. The van der Waals surface area contributed by atoms with Gasteiger partial charge in [0.25, 0.3) is 0 Å². The summed E-state index contributed by atoms with van der Waals surface area (Å²) in [6.45, 7) is 4.23. The summed E-state index contributed by atoms with van der Waals surface area (Å²) in [6, 6.07) is 7.40. The first-order valence-corrected chi connectivity index (χ1v) is 6.31. The van der Waals surface area contributed by atoms with Crippen LogP contribution in [0.4, 0.5) is 11.4 Å². The summed E-state index contributed by atoms with van der Waals surface area (Å²) >= 11 is 0. The lowest BCUT2D eigenvalue weighted by molar-refractivity contribution is -0.122. The molecular formula is C14H18N2O2. The van der Waals surface area contributed by atoms with Gasteiger partial charge in [-0.15, -0.1) is 0 Å². The van der Waals surface area contributed by atoms with E-state index < -0.39 is 0 Å². The van der Waals surface area contributed by atoms with Crippen LogP contribution in [0.5, 0.6) is 0 Å². The minimum absolute atomic E-state index is 0.0200. The molecule has 1 heterocycles. The van der Waals surface area contributed by atoms with Crippen molar-refractivity contribution < 1.29 is 9.59 Å². The number of hydrogen-bond acceptors (Lipinski definition) is 2. The van der Waals surface area contributed by atoms with E-state index in [2.05, 4.69) is 12.2 Å². The first kappa shape index (κ1) is 12.6. The van der Waals surface area contributed by atoms with Gasteiger partial charge in [-0.2, -0.15) is 0 Å². The van der Waals surface area contributed by atoms with Gasteiger partial charge in [-0.05, 0) is 18.1 Å². The van der Waals surface area contributed by atoms with Crippen molar-refractivity contribution in [1.82, 2.24) is 0 Å². The Morgan fingerprint density at radius 3 is 2.89 bits per heavy atom. The Morgan fingerprint density at radius 2 is 2.17 bits per heavy atom. The van der Waals surface area contributed by atoms with Crippen LogP contribution in [0.15, 0.2) is 24.3 Å². The molecule has 1 atom stereocenters. The van der Waals surface area contributed by atoms with Crippen LogP contribution >= 0.6 is 0 Å². The molecule has 96 valence electrons. The summed E-state index contributed by atoms with van der Waals surface area (Å²) in [6.07, 6.45) is 1.45. The summed E-state index contributed by atoms with van der Waals surface area (Å²) in [5.41, 5.74) is 1.51. The van der Waals surface area contributed by atoms with Crippen molar-refractivity contribution in [2.45, 2.75) is 26.7 Å². The van der Waals surface area contributed by atoms with Gasteiger partial charge in [0.15, 0.2) is 0 Å². The molecule has 0 saturated heterocycles. The average molecular weight is 246 g/mol. The maximum Gasteiger partial charge on any atom is 0.244 e. The van der Waals surface area contributed by atoms with Crippen molar-refractivity contribution in [3.05, 3.63) is 24.3 Å². The molecule has 0 spiro atoms. The average Bonchev–Trinajstić information content (AvgIpc) is 2.37. The van der Waals surface area contributed by atoms with Gasteiger partial charge in [0.05, 0.1) is 11.4 Å². The second kappa shape index (κ2) is 5.21. The Labute approximate surface area is 107 Å². The largest absolute Gasteiger partial charge is 0.323 e. The maximum absolute atomic E-state index is 12.2. The number of nitrogens with zero attached hydrogens (tertiary/aromatic N) is 1. The minimum Gasteiger partial charge on any atom is -0.323 e. The highest BCUT2D eigenvalue weighted by Gasteiger charge is 2.26. The van der Waals surface area contributed by atoms with Gasteiger partial charge in [0.1, 0.15) is 6.54 Å². The molecular weight excluding hydrogens is 228 g/mol. The first-order chi connectivity index (χ1) is 8.61. The van der Waals surface area contributed by atoms with Crippen molar-refractivity contribution in [2.75, 3.05) is 16.8 Å². The number of rotatable bonds is 3. The molecule has 2 rings (SSSR count). The molecule has 0 aromatic heterocycles. The van der Waals surface area contributed by atoms with E-state index in [9.17, 15) is 9.59 Å². The van der Waals surface area contributed by atoms with E-state index in [1.54, 1.807) is 4.90 Å². The maximum atomic E-state index is 12.2. The Morgan fingerprint density at radius 1 is 1.44 bits per heavy atom. The fourth-order valence-electron chi connectivity index (χ4n) is 2.01. The zero-order valence-corrected chi connectivity index (χ0v) is 10.8. The highest BCUT2D eigenvalue weighted by molar-refractivity contribution is 6.09. The van der Waals surface area contributed by atoms with Gasteiger partial charge < -0.3 is 10.2 Å². The van der Waals surface area contributed by atoms with E-state index in [0.29, 0.717) is 18.0 Å². The molecule has 1 aliphatic rings. The second-order valence-electron chi connectivity index (χ2n) is 4.76. The van der Waals surface area contributed by atoms with Gasteiger partial charge in [0, 0.05) is 6.42 Å². The molecule has 0 aliphatic carbocycles. The van der Waals surface area contributed by atoms with Gasteiger partial charge in [-0.3, -0.25) is 9.59 Å². The normalized spacial score (nSPS) is 15.9. The molecule has 1 unspecified atom stereocenters. The number of anilines is 2. The lowest BCUT2D eigenvalue weighted by Crippen LogP contribution is -2.42. The predicted molar refractivity (Wildman–Crippen MR) is 71.5 cm³/mol. The Hall–Kier alpha value is -1.84. The number of hydrogen-bond donors (Lipinski definition) is 1. The summed E-state index contributed by atoms with van der Waals surface area (Å²) < 4.78 is 0. The number of para-hydroxylation sites is 2. The van der Waals surface area contributed by atoms with Crippen LogP contribution in [0.1, 0.15) is 26.7 Å². The van der Waals surface area contributed by atoms with Crippen molar-refractivity contribution in [2.24, 2.45) is 5.92 Å². The van der Waals surface area contributed by atoms with Gasteiger partial charge in [-0.25, -0.2) is 0 Å². The zero-order valence-electron chi connectivity index (χ0n) is 10.8. The monoisotopic (exact) mass is 246 g/mol. The molecule has 0 bridgehead atoms. The fraction of sp³-hybridized carbons (Fsp3) is 0.429. The van der Waals surface area contributed by atoms with Gasteiger partial charge >= 0.3 is 0 Å². The molecule has 18 heavy (non-hydrogen) atoms. The molecule has 1 aliphatic heterocycles. The van der Waals surface area contributed by atoms with Gasteiger partial charge in [-0.1, -0.05) is 32.4 Å². The van der Waals surface area contributed by atoms with E-state index in [0.717, 1.165) is 12.1 Å². The lowest BCUT2D eigenvalue weighted by atomic mass is 10.0. The van der Waals surface area contributed by atoms with Gasteiger partial charge in [0.2, 0.25) is 11.8 Å². The van der Waals surface area contributed by atoms with Crippen molar-refractivity contribution in [3.8, 4) is 0 Å². The third-order valence-electron chi connectivity index (χ3n) is 3.29. The van der Waals surface area contributed by atoms with E-state index in [1.165, 1.54) is 0 Å². The fourth-order valence-corrected chi connectivity index (χ4v) is 2.01. The number of carbonyl (C=O) groups is 2. The Balaban J connectivity index is 2.23. The smallest absolute Gasteiger partial charge is 0.244 e. The summed E-state index contributed by atoms with van der Waals surface area (Å²) in [5.74, 6) is 0.229. The zero-order chi connectivity index (χ0) is 13.1. The van der Waals surface area contributed by atoms with E-state index >= 15 is 0 Å². The number of fused-ring (bicyclic) bond motifs is 1. The Bertz CT molecular complexity index is 471. The molecule has 0 saturated carbocycles. The molecule has 1 N–H and O–H groups in total. The molecule has 1 aromatic carbocycles. The van der Waals surface area contributed by atoms with Crippen LogP contribution in [-0.4, -0.2) is 18.4 Å². The lowest BCUT2D eigenvalue weighted by Gasteiger charge is -2.29. The molecule has 4 heteroatoms. The standard InChI is InChI=1S/C14H18N2O2/c1-3-10(2)8-14(18)16-9-13(17)15-11-6-4-5-7-12(11)16/h4-7,10H,3,8-9H2,1-2H3,(H,15,17). The third kappa shape index (κ3) is 2.53.